The third kappa shape index (κ3) is 2.68. The molecule has 1 aromatic heterocycles. The molecule has 0 spiro atoms. The summed E-state index contributed by atoms with van der Waals surface area (Å²) in [5, 5.41) is 0.0698. The number of nitrogens with zero attached hydrogens (tertiary/aromatic N) is 2. The quantitative estimate of drug-likeness (QED) is 0.801. The molecular formula is C16H13ClFN3. The summed E-state index contributed by atoms with van der Waals surface area (Å²) in [5.74, 6) is -0.450. The number of rotatable bonds is 3. The van der Waals surface area contributed by atoms with Crippen molar-refractivity contribution in [2.75, 3.05) is 0 Å². The van der Waals surface area contributed by atoms with E-state index in [0.717, 1.165) is 16.9 Å². The number of nitrogens with two attached hydrogens (primary N) is 1. The van der Waals surface area contributed by atoms with Crippen LogP contribution in [0.5, 0.6) is 0 Å². The molecule has 1 atom stereocenters. The molecule has 106 valence electrons. The van der Waals surface area contributed by atoms with Gasteiger partial charge in [0.25, 0.3) is 0 Å². The maximum absolute atomic E-state index is 13.3. The first kappa shape index (κ1) is 13.8. The molecule has 3 rings (SSSR count). The second kappa shape index (κ2) is 5.68. The topological polar surface area (TPSA) is 43.8 Å². The summed E-state index contributed by atoms with van der Waals surface area (Å²) in [6.07, 6.45) is 3.34. The molecule has 1 heterocycles. The van der Waals surface area contributed by atoms with Crippen LogP contribution in [0, 0.1) is 5.82 Å². The summed E-state index contributed by atoms with van der Waals surface area (Å²) in [5.41, 5.74) is 8.81. The zero-order chi connectivity index (χ0) is 14.8. The zero-order valence-corrected chi connectivity index (χ0v) is 11.8. The van der Waals surface area contributed by atoms with E-state index in [0.29, 0.717) is 0 Å². The van der Waals surface area contributed by atoms with Crippen molar-refractivity contribution in [3.8, 4) is 5.69 Å². The van der Waals surface area contributed by atoms with E-state index in [4.69, 9.17) is 17.3 Å². The van der Waals surface area contributed by atoms with E-state index >= 15 is 0 Å². The molecule has 2 N–H and O–H groups in total. The number of benzene rings is 2. The minimum Gasteiger partial charge on any atom is -0.319 e. The van der Waals surface area contributed by atoms with Crippen molar-refractivity contribution in [1.29, 1.82) is 0 Å². The van der Waals surface area contributed by atoms with Crippen molar-refractivity contribution in [3.63, 3.8) is 0 Å². The van der Waals surface area contributed by atoms with Gasteiger partial charge in [-0.05, 0) is 23.8 Å². The lowest BCUT2D eigenvalue weighted by atomic mass is 10.1. The highest BCUT2D eigenvalue weighted by molar-refractivity contribution is 6.30. The van der Waals surface area contributed by atoms with Crippen LogP contribution in [0.3, 0.4) is 0 Å². The van der Waals surface area contributed by atoms with E-state index in [9.17, 15) is 4.39 Å². The van der Waals surface area contributed by atoms with E-state index in [-0.39, 0.29) is 11.1 Å². The van der Waals surface area contributed by atoms with Gasteiger partial charge in [-0.3, -0.25) is 0 Å². The zero-order valence-electron chi connectivity index (χ0n) is 11.1. The molecule has 0 saturated heterocycles. The molecule has 0 aliphatic rings. The minimum atomic E-state index is -0.450. The number of hydrogen-bond donors (Lipinski definition) is 1. The number of halogens is 2. The van der Waals surface area contributed by atoms with Crippen LogP contribution < -0.4 is 5.73 Å². The SMILES string of the molecule is NC(c1ccccc1)c1cncn1-c1ccc(F)c(Cl)c1. The third-order valence-corrected chi connectivity index (χ3v) is 3.62. The van der Waals surface area contributed by atoms with Crippen molar-refractivity contribution < 1.29 is 4.39 Å². The third-order valence-electron chi connectivity index (χ3n) is 3.33. The van der Waals surface area contributed by atoms with Crippen molar-refractivity contribution >= 4 is 11.6 Å². The Morgan fingerprint density at radius 1 is 1.14 bits per heavy atom. The van der Waals surface area contributed by atoms with Crippen molar-refractivity contribution in [3.05, 3.63) is 83.2 Å². The molecule has 3 nitrogen and oxygen atoms in total. The normalized spacial score (nSPS) is 12.3. The van der Waals surface area contributed by atoms with Gasteiger partial charge in [0.15, 0.2) is 0 Å². The summed E-state index contributed by atoms with van der Waals surface area (Å²) in [7, 11) is 0. The lowest BCUT2D eigenvalue weighted by Crippen LogP contribution is -2.15. The standard InChI is InChI=1S/C16H13ClFN3/c17-13-8-12(6-7-14(13)18)21-10-20-9-15(21)16(19)11-4-2-1-3-5-11/h1-10,16H,19H2. The summed E-state index contributed by atoms with van der Waals surface area (Å²) >= 11 is 5.84. The fourth-order valence-corrected chi connectivity index (χ4v) is 2.39. The molecule has 3 aromatic rings. The highest BCUT2D eigenvalue weighted by atomic mass is 35.5. The highest BCUT2D eigenvalue weighted by Gasteiger charge is 2.15. The predicted molar refractivity (Wildman–Crippen MR) is 81.0 cm³/mol. The van der Waals surface area contributed by atoms with Gasteiger partial charge in [0.2, 0.25) is 0 Å². The lowest BCUT2D eigenvalue weighted by Gasteiger charge is -2.15. The molecule has 0 saturated carbocycles. The second-order valence-electron chi connectivity index (χ2n) is 4.68. The first-order valence-electron chi connectivity index (χ1n) is 6.45. The molecular weight excluding hydrogens is 289 g/mol. The van der Waals surface area contributed by atoms with Crippen LogP contribution in [-0.4, -0.2) is 9.55 Å². The Balaban J connectivity index is 2.03. The smallest absolute Gasteiger partial charge is 0.141 e. The Kier molecular flexibility index (Phi) is 3.73. The van der Waals surface area contributed by atoms with Crippen LogP contribution in [0.4, 0.5) is 4.39 Å². The van der Waals surface area contributed by atoms with Gasteiger partial charge in [0.1, 0.15) is 5.82 Å². The maximum Gasteiger partial charge on any atom is 0.141 e. The molecule has 21 heavy (non-hydrogen) atoms. The van der Waals surface area contributed by atoms with Gasteiger partial charge in [-0.15, -0.1) is 0 Å². The Morgan fingerprint density at radius 2 is 1.90 bits per heavy atom. The van der Waals surface area contributed by atoms with Gasteiger partial charge in [-0.2, -0.15) is 0 Å². The molecule has 1 unspecified atom stereocenters. The van der Waals surface area contributed by atoms with Crippen molar-refractivity contribution in [1.82, 2.24) is 9.55 Å². The van der Waals surface area contributed by atoms with Crippen LogP contribution >= 0.6 is 11.6 Å². The van der Waals surface area contributed by atoms with Gasteiger partial charge in [0.05, 0.1) is 29.3 Å². The first-order valence-corrected chi connectivity index (χ1v) is 6.83. The Bertz CT molecular complexity index is 755. The number of imidazole rings is 1. The van der Waals surface area contributed by atoms with Gasteiger partial charge >= 0.3 is 0 Å². The van der Waals surface area contributed by atoms with E-state index < -0.39 is 5.82 Å². The average Bonchev–Trinajstić information content (AvgIpc) is 2.99. The van der Waals surface area contributed by atoms with Gasteiger partial charge in [-0.1, -0.05) is 41.9 Å². The molecule has 0 radical (unpaired) electrons. The molecule has 5 heteroatoms. The van der Waals surface area contributed by atoms with Gasteiger partial charge in [-0.25, -0.2) is 9.37 Å². The van der Waals surface area contributed by atoms with E-state index in [2.05, 4.69) is 4.98 Å². The predicted octanol–water partition coefficient (Wildman–Crippen LogP) is 3.71. The summed E-state index contributed by atoms with van der Waals surface area (Å²) in [6.45, 7) is 0. The van der Waals surface area contributed by atoms with Crippen molar-refractivity contribution in [2.24, 2.45) is 5.73 Å². The Morgan fingerprint density at radius 3 is 2.62 bits per heavy atom. The lowest BCUT2D eigenvalue weighted by molar-refractivity contribution is 0.627. The van der Waals surface area contributed by atoms with Crippen molar-refractivity contribution in [2.45, 2.75) is 6.04 Å². The fourth-order valence-electron chi connectivity index (χ4n) is 2.22. The second-order valence-corrected chi connectivity index (χ2v) is 5.08. The van der Waals surface area contributed by atoms with Crippen LogP contribution in [0.15, 0.2) is 61.1 Å². The molecule has 2 aromatic carbocycles. The van der Waals surface area contributed by atoms with Crippen LogP contribution in [0.2, 0.25) is 5.02 Å². The molecule has 0 fully saturated rings. The molecule has 0 aliphatic carbocycles. The van der Waals surface area contributed by atoms with Gasteiger partial charge < -0.3 is 10.3 Å². The summed E-state index contributed by atoms with van der Waals surface area (Å²) < 4.78 is 15.1. The minimum absolute atomic E-state index is 0.0698. The Hall–Kier alpha value is -2.17. The highest BCUT2D eigenvalue weighted by Crippen LogP contribution is 2.24. The largest absolute Gasteiger partial charge is 0.319 e. The van der Waals surface area contributed by atoms with E-state index in [1.807, 2.05) is 34.9 Å². The molecule has 0 bridgehead atoms. The number of hydrogen-bond acceptors (Lipinski definition) is 2. The van der Waals surface area contributed by atoms with E-state index in [1.54, 1.807) is 24.7 Å². The summed E-state index contributed by atoms with van der Waals surface area (Å²) in [6, 6.07) is 13.9. The summed E-state index contributed by atoms with van der Waals surface area (Å²) in [4.78, 5) is 4.14. The maximum atomic E-state index is 13.3. The van der Waals surface area contributed by atoms with Crippen LogP contribution in [0.1, 0.15) is 17.3 Å². The fraction of sp³-hybridized carbons (Fsp3) is 0.0625. The van der Waals surface area contributed by atoms with Crippen LogP contribution in [-0.2, 0) is 0 Å². The first-order chi connectivity index (χ1) is 10.2. The van der Waals surface area contributed by atoms with Crippen LogP contribution in [0.25, 0.3) is 5.69 Å². The Labute approximate surface area is 126 Å². The molecule has 0 amide bonds. The average molecular weight is 302 g/mol. The van der Waals surface area contributed by atoms with Gasteiger partial charge in [0, 0.05) is 5.69 Å². The van der Waals surface area contributed by atoms with E-state index in [1.165, 1.54) is 6.07 Å². The number of aromatic nitrogens is 2. The monoisotopic (exact) mass is 301 g/mol. The molecule has 0 aliphatic heterocycles.